The predicted octanol–water partition coefficient (Wildman–Crippen LogP) is 3.52. The lowest BCUT2D eigenvalue weighted by Crippen LogP contribution is -2.44. The lowest BCUT2D eigenvalue weighted by molar-refractivity contribution is -0.887. The molecule has 5 heteroatoms. The fourth-order valence-corrected chi connectivity index (χ4v) is 3.33. The van der Waals surface area contributed by atoms with E-state index in [4.69, 9.17) is 14.2 Å². The van der Waals surface area contributed by atoms with Gasteiger partial charge in [-0.2, -0.15) is 0 Å². The summed E-state index contributed by atoms with van der Waals surface area (Å²) in [5, 5.41) is 13.4. The molecule has 1 aliphatic rings. The summed E-state index contributed by atoms with van der Waals surface area (Å²) in [5.41, 5.74) is 1.80. The van der Waals surface area contributed by atoms with Crippen LogP contribution < -0.4 is 14.2 Å². The minimum Gasteiger partial charge on any atom is -0.632 e. The zero-order valence-corrected chi connectivity index (χ0v) is 14.3. The number of benzene rings is 2. The molecule has 2 unspecified atom stereocenters. The van der Waals surface area contributed by atoms with E-state index in [-0.39, 0.29) is 10.7 Å². The van der Waals surface area contributed by atoms with Crippen molar-refractivity contribution in [2.45, 2.75) is 12.5 Å². The third kappa shape index (κ3) is 3.05. The Hall–Kier alpha value is -2.24. The summed E-state index contributed by atoms with van der Waals surface area (Å²) < 4.78 is 16.4. The maximum Gasteiger partial charge on any atom is 0.164 e. The Morgan fingerprint density at radius 2 is 1.75 bits per heavy atom. The second-order valence-electron chi connectivity index (χ2n) is 6.16. The molecule has 128 valence electrons. The van der Waals surface area contributed by atoms with Crippen molar-refractivity contribution in [2.75, 3.05) is 34.4 Å². The van der Waals surface area contributed by atoms with E-state index in [1.54, 1.807) is 21.3 Å². The first-order valence-corrected chi connectivity index (χ1v) is 8.06. The van der Waals surface area contributed by atoms with Crippen LogP contribution in [0.3, 0.4) is 0 Å². The van der Waals surface area contributed by atoms with Crippen molar-refractivity contribution >= 4 is 0 Å². The van der Waals surface area contributed by atoms with Crippen LogP contribution in [-0.4, -0.2) is 39.1 Å². The number of fused-ring (bicyclic) bond motifs is 1. The Bertz CT molecular complexity index is 700. The average molecular weight is 329 g/mol. The normalized spacial score (nSPS) is 23.4. The molecular formula is C19H23NO4. The number of hydrogen-bond donors (Lipinski definition) is 0. The molecule has 0 aromatic heterocycles. The summed E-state index contributed by atoms with van der Waals surface area (Å²) in [6.07, 6.45) is 0.705. The molecule has 0 N–H and O–H groups in total. The first-order chi connectivity index (χ1) is 11.6. The molecule has 0 saturated carbocycles. The number of quaternary nitrogens is 1. The van der Waals surface area contributed by atoms with E-state index in [0.29, 0.717) is 36.8 Å². The number of ether oxygens (including phenoxy) is 3. The van der Waals surface area contributed by atoms with Crippen molar-refractivity contribution in [3.63, 3.8) is 0 Å². The first-order valence-electron chi connectivity index (χ1n) is 8.06. The van der Waals surface area contributed by atoms with Gasteiger partial charge in [0, 0.05) is 18.1 Å². The van der Waals surface area contributed by atoms with Gasteiger partial charge >= 0.3 is 0 Å². The van der Waals surface area contributed by atoms with E-state index in [2.05, 4.69) is 0 Å². The summed E-state index contributed by atoms with van der Waals surface area (Å²) in [5.74, 6) is 1.88. The average Bonchev–Trinajstić information content (AvgIpc) is 2.58. The van der Waals surface area contributed by atoms with E-state index >= 15 is 0 Å². The van der Waals surface area contributed by atoms with Crippen LogP contribution in [-0.2, 0) is 0 Å². The van der Waals surface area contributed by atoms with Gasteiger partial charge in [0.05, 0.1) is 40.0 Å². The Kier molecular flexibility index (Phi) is 4.64. The molecule has 0 spiro atoms. The minimum absolute atomic E-state index is 0.374. The monoisotopic (exact) mass is 329 g/mol. The van der Waals surface area contributed by atoms with Gasteiger partial charge in [-0.3, -0.25) is 0 Å². The van der Waals surface area contributed by atoms with Crippen LogP contribution in [0, 0.1) is 5.21 Å². The highest BCUT2D eigenvalue weighted by atomic mass is 16.5. The number of hydrogen-bond acceptors (Lipinski definition) is 4. The van der Waals surface area contributed by atoms with Gasteiger partial charge < -0.3 is 24.1 Å². The SMILES string of the molecule is COc1cc2c(cc1OC)C(c1ccccc1)[N+](C)([O-])CCCO2. The molecule has 0 amide bonds. The highest BCUT2D eigenvalue weighted by Crippen LogP contribution is 2.44. The number of nitrogens with zero attached hydrogens (tertiary/aromatic N) is 1. The van der Waals surface area contributed by atoms with Crippen LogP contribution in [0.4, 0.5) is 0 Å². The topological polar surface area (TPSA) is 50.8 Å². The summed E-state index contributed by atoms with van der Waals surface area (Å²) >= 11 is 0. The Morgan fingerprint density at radius 1 is 1.08 bits per heavy atom. The van der Waals surface area contributed by atoms with E-state index < -0.39 is 0 Å². The molecule has 0 fully saturated rings. The van der Waals surface area contributed by atoms with Gasteiger partial charge in [-0.25, -0.2) is 0 Å². The zero-order valence-electron chi connectivity index (χ0n) is 14.3. The van der Waals surface area contributed by atoms with Gasteiger partial charge in [-0.1, -0.05) is 30.3 Å². The molecular weight excluding hydrogens is 306 g/mol. The van der Waals surface area contributed by atoms with Crippen LogP contribution >= 0.6 is 0 Å². The number of methoxy groups -OCH3 is 2. The smallest absolute Gasteiger partial charge is 0.164 e. The number of rotatable bonds is 3. The van der Waals surface area contributed by atoms with Crippen molar-refractivity contribution in [2.24, 2.45) is 0 Å². The lowest BCUT2D eigenvalue weighted by Gasteiger charge is -2.47. The Morgan fingerprint density at radius 3 is 2.42 bits per heavy atom. The molecule has 0 radical (unpaired) electrons. The van der Waals surface area contributed by atoms with E-state index in [1.165, 1.54) is 0 Å². The molecule has 2 aromatic rings. The van der Waals surface area contributed by atoms with Crippen LogP contribution in [0.15, 0.2) is 42.5 Å². The zero-order chi connectivity index (χ0) is 17.2. The molecule has 1 heterocycles. The fourth-order valence-electron chi connectivity index (χ4n) is 3.33. The maximum absolute atomic E-state index is 13.4. The van der Waals surface area contributed by atoms with Crippen LogP contribution in [0.1, 0.15) is 23.6 Å². The van der Waals surface area contributed by atoms with Crippen LogP contribution in [0.25, 0.3) is 0 Å². The predicted molar refractivity (Wildman–Crippen MR) is 92.4 cm³/mol. The van der Waals surface area contributed by atoms with E-state index in [9.17, 15) is 5.21 Å². The summed E-state index contributed by atoms with van der Waals surface area (Å²) in [6.45, 7) is 1.01. The molecule has 5 nitrogen and oxygen atoms in total. The number of hydroxylamine groups is 3. The summed E-state index contributed by atoms with van der Waals surface area (Å²) in [6, 6.07) is 13.1. The quantitative estimate of drug-likeness (QED) is 0.638. The first kappa shape index (κ1) is 16.6. The van der Waals surface area contributed by atoms with Gasteiger partial charge in [0.2, 0.25) is 0 Å². The summed E-state index contributed by atoms with van der Waals surface area (Å²) in [4.78, 5) is 0. The van der Waals surface area contributed by atoms with E-state index in [0.717, 1.165) is 11.1 Å². The molecule has 2 atom stereocenters. The van der Waals surface area contributed by atoms with Gasteiger partial charge in [-0.05, 0) is 6.07 Å². The van der Waals surface area contributed by atoms with Crippen molar-refractivity contribution in [1.82, 2.24) is 0 Å². The second-order valence-corrected chi connectivity index (χ2v) is 6.16. The molecule has 0 aliphatic carbocycles. The standard InChI is InChI=1S/C19H23NO4/c1-20(21)10-7-11-24-16-13-18(23-3)17(22-2)12-15(16)19(20)14-8-5-4-6-9-14/h4-6,8-9,12-13,19H,7,10-11H2,1-3H3. The molecule has 0 bridgehead atoms. The molecule has 1 aliphatic heterocycles. The minimum atomic E-state index is -0.379. The van der Waals surface area contributed by atoms with E-state index in [1.807, 2.05) is 42.5 Å². The molecule has 3 rings (SSSR count). The lowest BCUT2D eigenvalue weighted by atomic mass is 9.94. The van der Waals surface area contributed by atoms with Gasteiger partial charge in [0.25, 0.3) is 0 Å². The van der Waals surface area contributed by atoms with Crippen LogP contribution in [0.5, 0.6) is 17.2 Å². The van der Waals surface area contributed by atoms with Crippen molar-refractivity contribution in [3.05, 3.63) is 58.8 Å². The van der Waals surface area contributed by atoms with Gasteiger partial charge in [-0.15, -0.1) is 0 Å². The highest BCUT2D eigenvalue weighted by Gasteiger charge is 2.33. The van der Waals surface area contributed by atoms with Gasteiger partial charge in [0.1, 0.15) is 11.8 Å². The maximum atomic E-state index is 13.4. The third-order valence-corrected chi connectivity index (χ3v) is 4.48. The van der Waals surface area contributed by atoms with Crippen LogP contribution in [0.2, 0.25) is 0 Å². The molecule has 2 aromatic carbocycles. The Labute approximate surface area is 142 Å². The highest BCUT2D eigenvalue weighted by molar-refractivity contribution is 5.53. The third-order valence-electron chi connectivity index (χ3n) is 4.48. The van der Waals surface area contributed by atoms with Crippen molar-refractivity contribution < 1.29 is 18.9 Å². The largest absolute Gasteiger partial charge is 0.632 e. The van der Waals surface area contributed by atoms with Gasteiger partial charge in [0.15, 0.2) is 11.5 Å². The van der Waals surface area contributed by atoms with Crippen molar-refractivity contribution in [1.29, 1.82) is 0 Å². The second kappa shape index (κ2) is 6.71. The fraction of sp³-hybridized carbons (Fsp3) is 0.368. The molecule has 24 heavy (non-hydrogen) atoms. The Balaban J connectivity index is 2.22. The summed E-state index contributed by atoms with van der Waals surface area (Å²) in [7, 11) is 4.91. The van der Waals surface area contributed by atoms with Crippen molar-refractivity contribution in [3.8, 4) is 17.2 Å². The molecule has 0 saturated heterocycles.